The highest BCUT2D eigenvalue weighted by Gasteiger charge is 2.20. The predicted octanol–water partition coefficient (Wildman–Crippen LogP) is 3.60. The SMILES string of the molecule is CC(CC=NNc1ccc([N+](=O)[O-])cc1[N+](=O)[O-])=NNc1ccc([N+](=O)[O-])cc1[N+](=O)[O-]. The van der Waals surface area contributed by atoms with E-state index in [1.165, 1.54) is 6.21 Å². The fraction of sp³-hybridized carbons (Fsp3) is 0.125. The van der Waals surface area contributed by atoms with Crippen LogP contribution in [-0.4, -0.2) is 31.6 Å². The molecule has 16 heteroatoms. The Morgan fingerprint density at radius 2 is 1.28 bits per heavy atom. The van der Waals surface area contributed by atoms with Crippen LogP contribution in [0.25, 0.3) is 0 Å². The molecule has 0 heterocycles. The molecule has 2 N–H and O–H groups in total. The molecule has 0 amide bonds. The zero-order chi connectivity index (χ0) is 23.8. The van der Waals surface area contributed by atoms with Crippen molar-refractivity contribution in [1.29, 1.82) is 0 Å². The average Bonchev–Trinajstić information content (AvgIpc) is 2.74. The van der Waals surface area contributed by atoms with Gasteiger partial charge in [0.1, 0.15) is 11.4 Å². The van der Waals surface area contributed by atoms with Gasteiger partial charge in [0.2, 0.25) is 0 Å². The maximum Gasteiger partial charge on any atom is 0.301 e. The number of anilines is 2. The van der Waals surface area contributed by atoms with Crippen molar-refractivity contribution in [2.24, 2.45) is 10.2 Å². The first kappa shape index (κ1) is 23.3. The monoisotopic (exact) mass is 446 g/mol. The standard InChI is InChI=1S/C16H14N8O8/c1-10(18-20-14-5-3-12(22(27)28)9-16(14)24(31)32)6-7-17-19-13-4-2-11(21(25)26)8-15(13)23(29)30/h2-5,7-9,19-20H,6H2,1H3. The minimum atomic E-state index is -0.793. The van der Waals surface area contributed by atoms with Crippen molar-refractivity contribution < 1.29 is 19.7 Å². The summed E-state index contributed by atoms with van der Waals surface area (Å²) in [4.78, 5) is 40.6. The van der Waals surface area contributed by atoms with Gasteiger partial charge in [0.05, 0.1) is 31.8 Å². The van der Waals surface area contributed by atoms with Gasteiger partial charge in [0.25, 0.3) is 11.4 Å². The number of non-ortho nitro benzene ring substituents is 2. The zero-order valence-electron chi connectivity index (χ0n) is 16.2. The van der Waals surface area contributed by atoms with E-state index in [0.29, 0.717) is 5.71 Å². The van der Waals surface area contributed by atoms with Crippen LogP contribution in [0.3, 0.4) is 0 Å². The highest BCUT2D eigenvalue weighted by atomic mass is 16.6. The minimum Gasteiger partial charge on any atom is -0.272 e. The average molecular weight is 446 g/mol. The first-order chi connectivity index (χ1) is 15.1. The third kappa shape index (κ3) is 5.99. The van der Waals surface area contributed by atoms with Gasteiger partial charge >= 0.3 is 11.4 Å². The van der Waals surface area contributed by atoms with Crippen molar-refractivity contribution in [2.45, 2.75) is 13.3 Å². The van der Waals surface area contributed by atoms with Crippen LogP contribution in [0.4, 0.5) is 34.1 Å². The second-order valence-corrected chi connectivity index (χ2v) is 6.02. The molecular formula is C16H14N8O8. The van der Waals surface area contributed by atoms with Gasteiger partial charge in [-0.3, -0.25) is 51.3 Å². The van der Waals surface area contributed by atoms with Gasteiger partial charge in [-0.25, -0.2) is 0 Å². The number of hydrogen-bond donors (Lipinski definition) is 2. The molecule has 2 aromatic rings. The molecule has 0 atom stereocenters. The largest absolute Gasteiger partial charge is 0.301 e. The summed E-state index contributed by atoms with van der Waals surface area (Å²) in [7, 11) is 0. The summed E-state index contributed by atoms with van der Waals surface area (Å²) < 4.78 is 0. The summed E-state index contributed by atoms with van der Waals surface area (Å²) in [6.07, 6.45) is 1.43. The highest BCUT2D eigenvalue weighted by Crippen LogP contribution is 2.30. The molecule has 0 aliphatic heterocycles. The lowest BCUT2D eigenvalue weighted by Crippen LogP contribution is -2.02. The van der Waals surface area contributed by atoms with Gasteiger partial charge in [-0.2, -0.15) is 10.2 Å². The smallest absolute Gasteiger partial charge is 0.272 e. The lowest BCUT2D eigenvalue weighted by molar-refractivity contribution is -0.393. The molecule has 0 spiro atoms. The molecule has 0 saturated heterocycles. The maximum absolute atomic E-state index is 11.1. The summed E-state index contributed by atoms with van der Waals surface area (Å²) in [5.74, 6) is 0. The van der Waals surface area contributed by atoms with Crippen molar-refractivity contribution in [3.63, 3.8) is 0 Å². The summed E-state index contributed by atoms with van der Waals surface area (Å²) in [6, 6.07) is 6.06. The fourth-order valence-corrected chi connectivity index (χ4v) is 2.25. The van der Waals surface area contributed by atoms with Crippen LogP contribution in [0.2, 0.25) is 0 Å². The molecule has 166 valence electrons. The molecule has 0 fully saturated rings. The van der Waals surface area contributed by atoms with Crippen molar-refractivity contribution in [2.75, 3.05) is 10.9 Å². The van der Waals surface area contributed by atoms with E-state index in [9.17, 15) is 40.5 Å². The maximum atomic E-state index is 11.1. The molecule has 2 rings (SSSR count). The normalized spacial score (nSPS) is 11.2. The van der Waals surface area contributed by atoms with E-state index in [1.807, 2.05) is 0 Å². The van der Waals surface area contributed by atoms with E-state index in [-0.39, 0.29) is 17.8 Å². The van der Waals surface area contributed by atoms with E-state index in [2.05, 4.69) is 21.1 Å². The van der Waals surface area contributed by atoms with E-state index < -0.39 is 42.4 Å². The van der Waals surface area contributed by atoms with Crippen LogP contribution in [0.15, 0.2) is 46.6 Å². The number of nitrogens with zero attached hydrogens (tertiary/aromatic N) is 6. The number of benzene rings is 2. The van der Waals surface area contributed by atoms with Crippen LogP contribution in [-0.2, 0) is 0 Å². The molecule has 0 radical (unpaired) electrons. The molecule has 0 aliphatic rings. The summed E-state index contributed by atoms with van der Waals surface area (Å²) in [5.41, 5.74) is 3.19. The fourth-order valence-electron chi connectivity index (χ4n) is 2.25. The molecule has 32 heavy (non-hydrogen) atoms. The van der Waals surface area contributed by atoms with E-state index in [4.69, 9.17) is 0 Å². The second kappa shape index (κ2) is 10.1. The van der Waals surface area contributed by atoms with Crippen LogP contribution in [0.1, 0.15) is 13.3 Å². The number of hydrogen-bond acceptors (Lipinski definition) is 12. The minimum absolute atomic E-state index is 0.0588. The number of nitro benzene ring substituents is 4. The van der Waals surface area contributed by atoms with Gasteiger partial charge in [0.15, 0.2) is 0 Å². The van der Waals surface area contributed by atoms with Crippen molar-refractivity contribution in [1.82, 2.24) is 0 Å². The lowest BCUT2D eigenvalue weighted by Gasteiger charge is -2.04. The molecule has 0 aromatic heterocycles. The topological polar surface area (TPSA) is 221 Å². The molecule has 0 saturated carbocycles. The second-order valence-electron chi connectivity index (χ2n) is 6.02. The molecule has 0 aliphatic carbocycles. The first-order valence-corrected chi connectivity index (χ1v) is 8.52. The molecule has 0 unspecified atom stereocenters. The Labute approximate surface area is 177 Å². The van der Waals surface area contributed by atoms with Crippen LogP contribution >= 0.6 is 0 Å². The Morgan fingerprint density at radius 1 is 0.812 bits per heavy atom. The Bertz CT molecular complexity index is 1150. The van der Waals surface area contributed by atoms with Crippen molar-refractivity contribution in [3.8, 4) is 0 Å². The van der Waals surface area contributed by atoms with Gasteiger partial charge in [-0.05, 0) is 19.1 Å². The Kier molecular flexibility index (Phi) is 7.37. The summed E-state index contributed by atoms with van der Waals surface area (Å²) >= 11 is 0. The predicted molar refractivity (Wildman–Crippen MR) is 113 cm³/mol. The van der Waals surface area contributed by atoms with E-state index >= 15 is 0 Å². The van der Waals surface area contributed by atoms with Gasteiger partial charge in [-0.1, -0.05) is 0 Å². The summed E-state index contributed by atoms with van der Waals surface area (Å²) in [6.45, 7) is 1.56. The van der Waals surface area contributed by atoms with Crippen LogP contribution < -0.4 is 10.9 Å². The molecule has 16 nitrogen and oxygen atoms in total. The number of nitro groups is 4. The van der Waals surface area contributed by atoms with Crippen molar-refractivity contribution >= 4 is 46.1 Å². The Hall–Kier alpha value is -5.02. The van der Waals surface area contributed by atoms with Crippen LogP contribution in [0, 0.1) is 40.5 Å². The summed E-state index contributed by atoms with van der Waals surface area (Å²) in [5, 5.41) is 51.4. The first-order valence-electron chi connectivity index (χ1n) is 8.52. The quantitative estimate of drug-likeness (QED) is 0.306. The number of nitrogens with one attached hydrogen (secondary N) is 2. The van der Waals surface area contributed by atoms with E-state index in [1.54, 1.807) is 6.92 Å². The Balaban J connectivity index is 2.05. The van der Waals surface area contributed by atoms with Crippen molar-refractivity contribution in [3.05, 3.63) is 76.9 Å². The third-order valence-electron chi connectivity index (χ3n) is 3.81. The van der Waals surface area contributed by atoms with Crippen LogP contribution in [0.5, 0.6) is 0 Å². The van der Waals surface area contributed by atoms with Gasteiger partial charge in [0, 0.05) is 30.5 Å². The number of hydrazone groups is 2. The van der Waals surface area contributed by atoms with E-state index in [0.717, 1.165) is 36.4 Å². The lowest BCUT2D eigenvalue weighted by atomic mass is 10.2. The van der Waals surface area contributed by atoms with Gasteiger partial charge in [-0.15, -0.1) is 0 Å². The molecule has 2 aromatic carbocycles. The van der Waals surface area contributed by atoms with Gasteiger partial charge < -0.3 is 0 Å². The highest BCUT2D eigenvalue weighted by molar-refractivity contribution is 5.94. The molecule has 0 bridgehead atoms. The number of rotatable bonds is 10. The third-order valence-corrected chi connectivity index (χ3v) is 3.81. The Morgan fingerprint density at radius 3 is 1.72 bits per heavy atom. The zero-order valence-corrected chi connectivity index (χ0v) is 16.2. The molecular weight excluding hydrogens is 432 g/mol.